The summed E-state index contributed by atoms with van der Waals surface area (Å²) in [6.45, 7) is 0.133. The lowest BCUT2D eigenvalue weighted by Crippen LogP contribution is -2.22. The lowest BCUT2D eigenvalue weighted by molar-refractivity contribution is 0.0972. The first-order valence-corrected chi connectivity index (χ1v) is 12.5. The third kappa shape index (κ3) is 3.80. The largest absolute Gasteiger partial charge is 0.454 e. The molecule has 4 N–H and O–H groups in total. The minimum atomic E-state index is -0.380. The molecule has 0 fully saturated rings. The number of rotatable bonds is 4. The predicted molar refractivity (Wildman–Crippen MR) is 148 cm³/mol. The number of aromatic amines is 1. The number of carbonyl (C=O) groups excluding carboxylic acids is 3. The normalized spacial score (nSPS) is 13.8. The number of amides is 1. The van der Waals surface area contributed by atoms with E-state index in [9.17, 15) is 14.4 Å². The van der Waals surface area contributed by atoms with Crippen LogP contribution in [-0.2, 0) is 0 Å². The lowest BCUT2D eigenvalue weighted by atomic mass is 9.83. The number of imidazole rings is 1. The van der Waals surface area contributed by atoms with Crippen molar-refractivity contribution in [3.63, 3.8) is 0 Å². The van der Waals surface area contributed by atoms with Crippen LogP contribution in [0.4, 0.5) is 5.69 Å². The minimum Gasteiger partial charge on any atom is -0.454 e. The molecule has 9 nitrogen and oxygen atoms in total. The monoisotopic (exact) mass is 528 g/mol. The molecule has 1 aliphatic heterocycles. The highest BCUT2D eigenvalue weighted by atomic mass is 16.7. The Morgan fingerprint density at radius 1 is 0.875 bits per heavy atom. The Bertz CT molecular complexity index is 1920. The molecule has 4 aromatic carbocycles. The number of anilines is 1. The van der Waals surface area contributed by atoms with Gasteiger partial charge in [0.2, 0.25) is 6.79 Å². The zero-order valence-corrected chi connectivity index (χ0v) is 20.9. The van der Waals surface area contributed by atoms with Crippen LogP contribution in [0.3, 0.4) is 0 Å². The summed E-state index contributed by atoms with van der Waals surface area (Å²) >= 11 is 0. The van der Waals surface area contributed by atoms with Crippen molar-refractivity contribution in [3.05, 3.63) is 118 Å². The summed E-state index contributed by atoms with van der Waals surface area (Å²) in [6, 6.07) is 22.0. The summed E-state index contributed by atoms with van der Waals surface area (Å²) in [5.74, 6) is 0.631. The number of hydrogen-bond donors (Lipinski definition) is 3. The molecule has 0 spiro atoms. The molecule has 0 saturated carbocycles. The van der Waals surface area contributed by atoms with Crippen molar-refractivity contribution >= 4 is 46.0 Å². The van der Waals surface area contributed by atoms with E-state index in [0.29, 0.717) is 62.0 Å². The highest BCUT2D eigenvalue weighted by molar-refractivity contribution is 6.31. The quantitative estimate of drug-likeness (QED) is 0.285. The standard InChI is InChI=1S/C31H20N4O5/c32-18-8-6-17(7-9-18)31(38)34-23(13-16-5-12-24-25(14-16)40-15-39-24)30-33-22-11-10-21-26(27(22)35-30)29(37)20-4-2-1-3-19(20)28(21)36/h1-14H,15,32H2,(H,33,35)(H,34,38). The fraction of sp³-hybridized carbons (Fsp3) is 0.0323. The first-order chi connectivity index (χ1) is 19.5. The molecular weight excluding hydrogens is 508 g/mol. The molecule has 1 aromatic heterocycles. The average molecular weight is 529 g/mol. The van der Waals surface area contributed by atoms with Gasteiger partial charge >= 0.3 is 0 Å². The smallest absolute Gasteiger partial charge is 0.255 e. The highest BCUT2D eigenvalue weighted by Gasteiger charge is 2.32. The molecular formula is C31H20N4O5. The first-order valence-electron chi connectivity index (χ1n) is 12.5. The molecule has 0 bridgehead atoms. The summed E-state index contributed by atoms with van der Waals surface area (Å²) < 4.78 is 10.9. The number of fused-ring (bicyclic) bond motifs is 5. The molecule has 0 unspecified atom stereocenters. The minimum absolute atomic E-state index is 0.133. The molecule has 1 aliphatic carbocycles. The Morgan fingerprint density at radius 2 is 1.62 bits per heavy atom. The number of benzene rings is 4. The number of hydrogen-bond acceptors (Lipinski definition) is 7. The van der Waals surface area contributed by atoms with Crippen LogP contribution in [0.25, 0.3) is 22.8 Å². The number of nitrogens with two attached hydrogens (primary N) is 1. The number of nitrogens with zero attached hydrogens (tertiary/aromatic N) is 1. The van der Waals surface area contributed by atoms with Gasteiger partial charge in [-0.2, -0.15) is 0 Å². The molecule has 194 valence electrons. The Hall–Kier alpha value is -5.70. The molecule has 2 heterocycles. The molecule has 0 radical (unpaired) electrons. The van der Waals surface area contributed by atoms with E-state index < -0.39 is 0 Å². The Labute approximate surface area is 227 Å². The van der Waals surface area contributed by atoms with E-state index in [1.807, 2.05) is 6.07 Å². The van der Waals surface area contributed by atoms with Crippen LogP contribution in [0.1, 0.15) is 53.6 Å². The molecule has 0 saturated heterocycles. The molecule has 9 heteroatoms. The van der Waals surface area contributed by atoms with Crippen molar-refractivity contribution in [2.45, 2.75) is 0 Å². The lowest BCUT2D eigenvalue weighted by Gasteiger charge is -2.17. The van der Waals surface area contributed by atoms with Crippen LogP contribution in [0.5, 0.6) is 11.5 Å². The van der Waals surface area contributed by atoms with Gasteiger partial charge in [0.1, 0.15) is 5.52 Å². The molecule has 5 aromatic rings. The van der Waals surface area contributed by atoms with Crippen LogP contribution in [0.15, 0.2) is 78.9 Å². The van der Waals surface area contributed by atoms with Gasteiger partial charge in [0.05, 0.1) is 16.8 Å². The molecule has 2 aliphatic rings. The summed E-state index contributed by atoms with van der Waals surface area (Å²) in [4.78, 5) is 47.9. The van der Waals surface area contributed by atoms with Gasteiger partial charge in [-0.1, -0.05) is 30.3 Å². The average Bonchev–Trinajstić information content (AvgIpc) is 3.62. The van der Waals surface area contributed by atoms with Crippen LogP contribution in [0, 0.1) is 0 Å². The van der Waals surface area contributed by atoms with Crippen LogP contribution < -0.4 is 20.5 Å². The van der Waals surface area contributed by atoms with Crippen LogP contribution in [-0.4, -0.2) is 34.2 Å². The van der Waals surface area contributed by atoms with Crippen LogP contribution >= 0.6 is 0 Å². The summed E-state index contributed by atoms with van der Waals surface area (Å²) in [7, 11) is 0. The number of nitrogen functional groups attached to an aromatic ring is 1. The zero-order valence-electron chi connectivity index (χ0n) is 20.9. The number of ether oxygens (including phenoxy) is 2. The fourth-order valence-electron chi connectivity index (χ4n) is 4.94. The zero-order chi connectivity index (χ0) is 27.4. The van der Waals surface area contributed by atoms with E-state index in [4.69, 9.17) is 20.2 Å². The van der Waals surface area contributed by atoms with Crippen molar-refractivity contribution in [3.8, 4) is 11.5 Å². The van der Waals surface area contributed by atoms with Gasteiger partial charge in [0, 0.05) is 27.9 Å². The van der Waals surface area contributed by atoms with E-state index in [1.165, 1.54) is 0 Å². The molecule has 7 rings (SSSR count). The van der Waals surface area contributed by atoms with E-state index in [2.05, 4.69) is 10.3 Å². The fourth-order valence-corrected chi connectivity index (χ4v) is 4.94. The van der Waals surface area contributed by atoms with Gasteiger partial charge in [0.15, 0.2) is 28.9 Å². The maximum Gasteiger partial charge on any atom is 0.255 e. The third-order valence-electron chi connectivity index (χ3n) is 6.93. The Balaban J connectivity index is 1.35. The third-order valence-corrected chi connectivity index (χ3v) is 6.93. The molecule has 40 heavy (non-hydrogen) atoms. The van der Waals surface area contributed by atoms with Crippen molar-refractivity contribution in [2.24, 2.45) is 0 Å². The second kappa shape index (κ2) is 8.95. The summed E-state index contributed by atoms with van der Waals surface area (Å²) in [6.07, 6.45) is 1.74. The van der Waals surface area contributed by atoms with Crippen molar-refractivity contribution in [1.82, 2.24) is 15.3 Å². The Kier molecular flexibility index (Phi) is 5.24. The van der Waals surface area contributed by atoms with E-state index in [0.717, 1.165) is 5.56 Å². The van der Waals surface area contributed by atoms with E-state index >= 15 is 0 Å². The van der Waals surface area contributed by atoms with Gasteiger partial charge in [-0.05, 0) is 60.2 Å². The summed E-state index contributed by atoms with van der Waals surface area (Å²) in [5, 5.41) is 2.93. The van der Waals surface area contributed by atoms with Crippen LogP contribution in [0.2, 0.25) is 0 Å². The maximum atomic E-state index is 13.5. The second-order valence-corrected chi connectivity index (χ2v) is 9.42. The van der Waals surface area contributed by atoms with Gasteiger partial charge in [0.25, 0.3) is 5.91 Å². The summed E-state index contributed by atoms with van der Waals surface area (Å²) in [5.41, 5.74) is 9.92. The van der Waals surface area contributed by atoms with Crippen molar-refractivity contribution in [2.75, 3.05) is 12.5 Å². The number of H-pyrrole nitrogens is 1. The van der Waals surface area contributed by atoms with Gasteiger partial charge in [-0.25, -0.2) is 4.98 Å². The molecule has 0 atom stereocenters. The number of aromatic nitrogens is 2. The van der Waals surface area contributed by atoms with Crippen molar-refractivity contribution in [1.29, 1.82) is 0 Å². The second-order valence-electron chi connectivity index (χ2n) is 9.42. The van der Waals surface area contributed by atoms with Crippen molar-refractivity contribution < 1.29 is 23.9 Å². The van der Waals surface area contributed by atoms with Gasteiger partial charge in [-0.15, -0.1) is 0 Å². The number of nitrogens with one attached hydrogen (secondary N) is 2. The first kappa shape index (κ1) is 23.4. The SMILES string of the molecule is Nc1ccc(C(=O)NC(=Cc2ccc3c(c2)OCO3)c2nc3c4c(ccc3[nH]2)C(=O)c2ccccc2C4=O)cc1. The highest BCUT2D eigenvalue weighted by Crippen LogP contribution is 2.35. The van der Waals surface area contributed by atoms with E-state index in [-0.39, 0.29) is 29.8 Å². The van der Waals surface area contributed by atoms with Gasteiger partial charge < -0.3 is 25.5 Å². The van der Waals surface area contributed by atoms with Gasteiger partial charge in [-0.3, -0.25) is 14.4 Å². The Morgan fingerprint density at radius 3 is 2.42 bits per heavy atom. The van der Waals surface area contributed by atoms with E-state index in [1.54, 1.807) is 78.9 Å². The maximum absolute atomic E-state index is 13.5. The topological polar surface area (TPSA) is 136 Å². The molecule has 1 amide bonds. The number of ketones is 2. The number of carbonyl (C=O) groups is 3. The predicted octanol–water partition coefficient (Wildman–Crippen LogP) is 4.58.